The molecule has 1 atom stereocenters. The minimum absolute atomic E-state index is 0. The van der Waals surface area contributed by atoms with Gasteiger partial charge >= 0.3 is 0 Å². The molecular weight excluding hydrogens is 372 g/mol. The average molecular weight is 401 g/mol. The van der Waals surface area contributed by atoms with Crippen molar-refractivity contribution in [2.24, 2.45) is 5.92 Å². The summed E-state index contributed by atoms with van der Waals surface area (Å²) in [6, 6.07) is 5.45. The third-order valence-corrected chi connectivity index (χ3v) is 7.09. The largest absolute Gasteiger partial charge is 0.342 e. The molecule has 0 radical (unpaired) electrons. The molecule has 0 spiro atoms. The maximum absolute atomic E-state index is 12.6. The minimum atomic E-state index is -3.40. The van der Waals surface area contributed by atoms with Gasteiger partial charge < -0.3 is 10.2 Å². The topological polar surface area (TPSA) is 66.5 Å². The molecule has 0 bridgehead atoms. The summed E-state index contributed by atoms with van der Waals surface area (Å²) in [5.74, 6) is 0.333. The van der Waals surface area contributed by atoms with E-state index in [-0.39, 0.29) is 30.5 Å². The number of sulfone groups is 1. The summed E-state index contributed by atoms with van der Waals surface area (Å²) in [7, 11) is -1.48. The second-order valence-corrected chi connectivity index (χ2v) is 9.37. The highest BCUT2D eigenvalue weighted by molar-refractivity contribution is 7.91. The predicted molar refractivity (Wildman–Crippen MR) is 106 cm³/mol. The molecule has 1 saturated heterocycles. The highest BCUT2D eigenvalue weighted by Gasteiger charge is 2.25. The van der Waals surface area contributed by atoms with E-state index in [0.717, 1.165) is 57.3 Å². The molecule has 2 aliphatic rings. The van der Waals surface area contributed by atoms with Crippen molar-refractivity contribution in [3.8, 4) is 0 Å². The summed E-state index contributed by atoms with van der Waals surface area (Å²) in [6.45, 7) is 2.38. The van der Waals surface area contributed by atoms with Gasteiger partial charge in [0.25, 0.3) is 0 Å². The molecule has 1 aromatic carbocycles. The third kappa shape index (κ3) is 4.99. The van der Waals surface area contributed by atoms with Crippen LogP contribution in [0.15, 0.2) is 23.1 Å². The van der Waals surface area contributed by atoms with Crippen molar-refractivity contribution in [2.75, 3.05) is 32.4 Å². The van der Waals surface area contributed by atoms with Gasteiger partial charge in [-0.1, -0.05) is 6.07 Å². The third-order valence-electron chi connectivity index (χ3n) is 5.38. The Morgan fingerprint density at radius 2 is 2.00 bits per heavy atom. The van der Waals surface area contributed by atoms with E-state index in [2.05, 4.69) is 5.32 Å². The van der Waals surface area contributed by atoms with Crippen LogP contribution < -0.4 is 5.32 Å². The Labute approximate surface area is 162 Å². The Morgan fingerprint density at radius 1 is 1.23 bits per heavy atom. The fourth-order valence-electron chi connectivity index (χ4n) is 3.99. The average Bonchev–Trinajstić information content (AvgIpc) is 3.08. The molecule has 1 heterocycles. The second-order valence-electron chi connectivity index (χ2n) is 7.26. The molecule has 7 heteroatoms. The van der Waals surface area contributed by atoms with Crippen LogP contribution in [0.5, 0.6) is 0 Å². The smallest absolute Gasteiger partial charge is 0.223 e. The summed E-state index contributed by atoms with van der Waals surface area (Å²) in [5.41, 5.74) is 2.41. The molecule has 0 aromatic heterocycles. The SMILES string of the molecule is CNCC1CCCN(C(=O)CCS(=O)(=O)c2ccc3c(c2)CCC3)C1.Cl. The number of aryl methyl sites for hydroxylation is 2. The number of nitrogens with one attached hydrogen (secondary N) is 1. The lowest BCUT2D eigenvalue weighted by atomic mass is 9.98. The molecule has 5 nitrogen and oxygen atoms in total. The standard InChI is InChI=1S/C19H28N2O3S.ClH/c1-20-13-15-4-3-10-21(14-15)19(22)9-11-25(23,24)18-8-7-16-5-2-6-17(16)12-18;/h7-8,12,15,20H,2-6,9-11,13-14H2,1H3;1H. The minimum Gasteiger partial charge on any atom is -0.342 e. The first-order valence-corrected chi connectivity index (χ1v) is 10.9. The molecular formula is C19H29ClN2O3S. The molecule has 1 unspecified atom stereocenters. The van der Waals surface area contributed by atoms with Gasteiger partial charge in [-0.2, -0.15) is 0 Å². The number of carbonyl (C=O) groups is 1. The van der Waals surface area contributed by atoms with E-state index in [1.165, 1.54) is 5.56 Å². The van der Waals surface area contributed by atoms with Crippen molar-refractivity contribution in [1.82, 2.24) is 10.2 Å². The van der Waals surface area contributed by atoms with E-state index < -0.39 is 9.84 Å². The van der Waals surface area contributed by atoms with Crippen LogP contribution in [-0.4, -0.2) is 51.7 Å². The zero-order valence-electron chi connectivity index (χ0n) is 15.4. The van der Waals surface area contributed by atoms with Gasteiger partial charge in [0.2, 0.25) is 5.91 Å². The van der Waals surface area contributed by atoms with Crippen LogP contribution in [0.2, 0.25) is 0 Å². The lowest BCUT2D eigenvalue weighted by molar-refractivity contribution is -0.132. The number of piperidine rings is 1. The lowest BCUT2D eigenvalue weighted by Crippen LogP contribution is -2.42. The van der Waals surface area contributed by atoms with E-state index in [1.54, 1.807) is 6.07 Å². The van der Waals surface area contributed by atoms with Gasteiger partial charge in [0.15, 0.2) is 9.84 Å². The molecule has 26 heavy (non-hydrogen) atoms. The molecule has 1 N–H and O–H groups in total. The summed E-state index contributed by atoms with van der Waals surface area (Å²) in [6.07, 6.45) is 5.29. The summed E-state index contributed by atoms with van der Waals surface area (Å²) >= 11 is 0. The van der Waals surface area contributed by atoms with Crippen LogP contribution in [0, 0.1) is 5.92 Å². The Balaban J connectivity index is 0.00000243. The Kier molecular flexibility index (Phi) is 7.50. The number of carbonyl (C=O) groups excluding carboxylic acids is 1. The number of likely N-dealkylation sites (tertiary alicyclic amines) is 1. The number of hydrogen-bond donors (Lipinski definition) is 1. The summed E-state index contributed by atoms with van der Waals surface area (Å²) < 4.78 is 25.2. The van der Waals surface area contributed by atoms with E-state index >= 15 is 0 Å². The van der Waals surface area contributed by atoms with Gasteiger partial charge in [0, 0.05) is 19.5 Å². The zero-order chi connectivity index (χ0) is 17.9. The Bertz CT molecular complexity index is 734. The van der Waals surface area contributed by atoms with Gasteiger partial charge in [-0.25, -0.2) is 8.42 Å². The van der Waals surface area contributed by atoms with Crippen molar-refractivity contribution in [3.05, 3.63) is 29.3 Å². The maximum Gasteiger partial charge on any atom is 0.223 e. The second kappa shape index (κ2) is 9.20. The van der Waals surface area contributed by atoms with Crippen LogP contribution in [0.3, 0.4) is 0 Å². The van der Waals surface area contributed by atoms with E-state index in [1.807, 2.05) is 24.1 Å². The lowest BCUT2D eigenvalue weighted by Gasteiger charge is -2.32. The van der Waals surface area contributed by atoms with E-state index in [0.29, 0.717) is 10.8 Å². The molecule has 1 aliphatic heterocycles. The van der Waals surface area contributed by atoms with E-state index in [9.17, 15) is 13.2 Å². The highest BCUT2D eigenvalue weighted by Crippen LogP contribution is 2.25. The normalized spacial score (nSPS) is 19.7. The quantitative estimate of drug-likeness (QED) is 0.795. The Hall–Kier alpha value is -1.11. The van der Waals surface area contributed by atoms with Crippen molar-refractivity contribution < 1.29 is 13.2 Å². The number of hydrogen-bond acceptors (Lipinski definition) is 4. The number of benzene rings is 1. The van der Waals surface area contributed by atoms with Crippen LogP contribution in [0.4, 0.5) is 0 Å². The van der Waals surface area contributed by atoms with Gasteiger partial charge in [0.1, 0.15) is 0 Å². The fourth-order valence-corrected chi connectivity index (χ4v) is 5.26. The van der Waals surface area contributed by atoms with Crippen molar-refractivity contribution in [3.63, 3.8) is 0 Å². The van der Waals surface area contributed by atoms with Gasteiger partial charge in [-0.05, 0) is 74.9 Å². The fraction of sp³-hybridized carbons (Fsp3) is 0.632. The zero-order valence-corrected chi connectivity index (χ0v) is 17.0. The van der Waals surface area contributed by atoms with Crippen molar-refractivity contribution in [2.45, 2.75) is 43.4 Å². The number of rotatable bonds is 6. The van der Waals surface area contributed by atoms with Crippen LogP contribution in [-0.2, 0) is 27.5 Å². The predicted octanol–water partition coefficient (Wildman–Crippen LogP) is 2.22. The van der Waals surface area contributed by atoms with Gasteiger partial charge in [-0.3, -0.25) is 4.79 Å². The molecule has 1 aromatic rings. The van der Waals surface area contributed by atoms with E-state index in [4.69, 9.17) is 0 Å². The highest BCUT2D eigenvalue weighted by atomic mass is 35.5. The Morgan fingerprint density at radius 3 is 2.77 bits per heavy atom. The number of nitrogens with zero attached hydrogens (tertiary/aromatic N) is 1. The molecule has 1 amide bonds. The number of amides is 1. The molecule has 146 valence electrons. The summed E-state index contributed by atoms with van der Waals surface area (Å²) in [4.78, 5) is 14.7. The van der Waals surface area contributed by atoms with Crippen molar-refractivity contribution in [1.29, 1.82) is 0 Å². The maximum atomic E-state index is 12.6. The van der Waals surface area contributed by atoms with Gasteiger partial charge in [0.05, 0.1) is 10.6 Å². The van der Waals surface area contributed by atoms with Crippen LogP contribution in [0.1, 0.15) is 36.8 Å². The first-order chi connectivity index (χ1) is 12.0. The number of halogens is 1. The summed E-state index contributed by atoms with van der Waals surface area (Å²) in [5, 5.41) is 3.16. The molecule has 0 saturated carbocycles. The van der Waals surface area contributed by atoms with Crippen LogP contribution >= 0.6 is 12.4 Å². The number of fused-ring (bicyclic) bond motifs is 1. The molecule has 1 fully saturated rings. The molecule has 3 rings (SSSR count). The monoisotopic (exact) mass is 400 g/mol. The molecule has 1 aliphatic carbocycles. The first-order valence-electron chi connectivity index (χ1n) is 9.26. The van der Waals surface area contributed by atoms with Gasteiger partial charge in [-0.15, -0.1) is 12.4 Å². The van der Waals surface area contributed by atoms with Crippen LogP contribution in [0.25, 0.3) is 0 Å². The van der Waals surface area contributed by atoms with Crippen molar-refractivity contribution >= 4 is 28.2 Å². The first kappa shape index (κ1) is 21.2.